The summed E-state index contributed by atoms with van der Waals surface area (Å²) in [6, 6.07) is 4.60. The van der Waals surface area contributed by atoms with Gasteiger partial charge in [0.15, 0.2) is 0 Å². The molecule has 1 aliphatic carbocycles. The Balaban J connectivity index is 0.00000264. The fraction of sp³-hybridized carbons (Fsp3) is 0.562. The SMILES string of the molecule is CC(NC(=O)[C@@H]1CCC[C@@H]1CN)c1cccc(C(F)(F)F)c1.Cl. The largest absolute Gasteiger partial charge is 0.416 e. The van der Waals surface area contributed by atoms with Crippen molar-refractivity contribution in [2.45, 2.75) is 38.4 Å². The van der Waals surface area contributed by atoms with E-state index in [9.17, 15) is 18.0 Å². The van der Waals surface area contributed by atoms with E-state index in [0.29, 0.717) is 12.1 Å². The van der Waals surface area contributed by atoms with E-state index in [1.54, 1.807) is 13.0 Å². The van der Waals surface area contributed by atoms with Crippen LogP contribution in [-0.2, 0) is 11.0 Å². The smallest absolute Gasteiger partial charge is 0.349 e. The number of amides is 1. The fourth-order valence-corrected chi connectivity index (χ4v) is 3.05. The quantitative estimate of drug-likeness (QED) is 0.870. The van der Waals surface area contributed by atoms with Gasteiger partial charge in [-0.2, -0.15) is 13.2 Å². The second kappa shape index (κ2) is 8.02. The van der Waals surface area contributed by atoms with Crippen LogP contribution in [0.15, 0.2) is 24.3 Å². The maximum Gasteiger partial charge on any atom is 0.416 e. The molecule has 1 aromatic carbocycles. The zero-order chi connectivity index (χ0) is 16.3. The van der Waals surface area contributed by atoms with E-state index in [2.05, 4.69) is 5.32 Å². The molecule has 1 amide bonds. The highest BCUT2D eigenvalue weighted by molar-refractivity contribution is 5.85. The lowest BCUT2D eigenvalue weighted by Gasteiger charge is -2.21. The monoisotopic (exact) mass is 350 g/mol. The van der Waals surface area contributed by atoms with Crippen LogP contribution >= 0.6 is 12.4 Å². The van der Waals surface area contributed by atoms with Gasteiger partial charge in [0, 0.05) is 5.92 Å². The van der Waals surface area contributed by atoms with Crippen LogP contribution < -0.4 is 11.1 Å². The van der Waals surface area contributed by atoms with Gasteiger partial charge in [-0.05, 0) is 49.9 Å². The molecule has 0 heterocycles. The Kier molecular flexibility index (Phi) is 6.89. The van der Waals surface area contributed by atoms with Gasteiger partial charge < -0.3 is 11.1 Å². The van der Waals surface area contributed by atoms with Crippen LogP contribution in [0.3, 0.4) is 0 Å². The van der Waals surface area contributed by atoms with Gasteiger partial charge in [0.05, 0.1) is 11.6 Å². The van der Waals surface area contributed by atoms with Crippen molar-refractivity contribution in [1.29, 1.82) is 0 Å². The standard InChI is InChI=1S/C16H21F3N2O.ClH/c1-10(11-4-2-6-13(8-11)16(17,18)19)21-15(22)14-7-3-5-12(14)9-20;/h2,4,6,8,10,12,14H,3,5,7,9,20H2,1H3,(H,21,22);1H/t10?,12-,14-;/m1./s1. The Labute approximate surface area is 140 Å². The van der Waals surface area contributed by atoms with Crippen molar-refractivity contribution in [3.05, 3.63) is 35.4 Å². The first kappa shape index (κ1) is 19.8. The maximum atomic E-state index is 12.7. The van der Waals surface area contributed by atoms with E-state index in [-0.39, 0.29) is 30.2 Å². The van der Waals surface area contributed by atoms with E-state index in [4.69, 9.17) is 5.73 Å². The first-order valence-electron chi connectivity index (χ1n) is 7.50. The molecule has 3 N–H and O–H groups in total. The van der Waals surface area contributed by atoms with Crippen LogP contribution in [-0.4, -0.2) is 12.5 Å². The summed E-state index contributed by atoms with van der Waals surface area (Å²) in [6.45, 7) is 2.16. The minimum Gasteiger partial charge on any atom is -0.349 e. The molecule has 3 nitrogen and oxygen atoms in total. The van der Waals surface area contributed by atoms with Crippen molar-refractivity contribution in [3.63, 3.8) is 0 Å². The molecule has 7 heteroatoms. The van der Waals surface area contributed by atoms with Gasteiger partial charge in [0.25, 0.3) is 0 Å². The maximum absolute atomic E-state index is 12.7. The summed E-state index contributed by atoms with van der Waals surface area (Å²) >= 11 is 0. The molecule has 0 aliphatic heterocycles. The molecule has 0 aromatic heterocycles. The topological polar surface area (TPSA) is 55.1 Å². The van der Waals surface area contributed by atoms with Crippen LogP contribution in [0.2, 0.25) is 0 Å². The highest BCUT2D eigenvalue weighted by atomic mass is 35.5. The zero-order valence-corrected chi connectivity index (χ0v) is 13.7. The number of carbonyl (C=O) groups is 1. The van der Waals surface area contributed by atoms with Crippen molar-refractivity contribution in [2.24, 2.45) is 17.6 Å². The van der Waals surface area contributed by atoms with Crippen molar-refractivity contribution >= 4 is 18.3 Å². The molecule has 1 saturated carbocycles. The molecule has 0 spiro atoms. The summed E-state index contributed by atoms with van der Waals surface area (Å²) in [5, 5.41) is 2.82. The summed E-state index contributed by atoms with van der Waals surface area (Å²) in [7, 11) is 0. The molecular weight excluding hydrogens is 329 g/mol. The Morgan fingerprint density at radius 3 is 2.70 bits per heavy atom. The lowest BCUT2D eigenvalue weighted by atomic mass is 9.94. The molecular formula is C16H22ClF3N2O. The van der Waals surface area contributed by atoms with E-state index in [1.165, 1.54) is 6.07 Å². The van der Waals surface area contributed by atoms with Crippen molar-refractivity contribution in [1.82, 2.24) is 5.32 Å². The second-order valence-electron chi connectivity index (χ2n) is 5.89. The number of benzene rings is 1. The molecule has 2 rings (SSSR count). The third-order valence-electron chi connectivity index (χ3n) is 4.37. The van der Waals surface area contributed by atoms with Gasteiger partial charge in [-0.25, -0.2) is 0 Å². The Morgan fingerprint density at radius 1 is 1.39 bits per heavy atom. The summed E-state index contributed by atoms with van der Waals surface area (Å²) < 4.78 is 38.2. The van der Waals surface area contributed by atoms with Gasteiger partial charge in [0.2, 0.25) is 5.91 Å². The molecule has 0 radical (unpaired) electrons. The minimum absolute atomic E-state index is 0. The van der Waals surface area contributed by atoms with Crippen LogP contribution in [0.4, 0.5) is 13.2 Å². The van der Waals surface area contributed by atoms with Gasteiger partial charge in [-0.1, -0.05) is 18.6 Å². The molecule has 1 fully saturated rings. The van der Waals surface area contributed by atoms with Gasteiger partial charge in [0.1, 0.15) is 0 Å². The molecule has 130 valence electrons. The summed E-state index contributed by atoms with van der Waals surface area (Å²) in [4.78, 5) is 12.3. The number of halogens is 4. The van der Waals surface area contributed by atoms with Crippen molar-refractivity contribution in [3.8, 4) is 0 Å². The lowest BCUT2D eigenvalue weighted by molar-refractivity contribution is -0.137. The highest BCUT2D eigenvalue weighted by Gasteiger charge is 2.33. The average Bonchev–Trinajstić information content (AvgIpc) is 2.95. The van der Waals surface area contributed by atoms with Crippen LogP contribution in [0, 0.1) is 11.8 Å². The molecule has 23 heavy (non-hydrogen) atoms. The van der Waals surface area contributed by atoms with Crippen molar-refractivity contribution < 1.29 is 18.0 Å². The molecule has 0 saturated heterocycles. The minimum atomic E-state index is -4.38. The van der Waals surface area contributed by atoms with Crippen LogP contribution in [0.25, 0.3) is 0 Å². The Morgan fingerprint density at radius 2 is 2.09 bits per heavy atom. The van der Waals surface area contributed by atoms with Crippen LogP contribution in [0.1, 0.15) is 43.4 Å². The fourth-order valence-electron chi connectivity index (χ4n) is 3.05. The average molecular weight is 351 g/mol. The normalized spacial score (nSPS) is 22.3. The highest BCUT2D eigenvalue weighted by Crippen LogP contribution is 2.33. The molecule has 0 bridgehead atoms. The first-order valence-corrected chi connectivity index (χ1v) is 7.50. The lowest BCUT2D eigenvalue weighted by Crippen LogP contribution is -2.36. The Hall–Kier alpha value is -1.27. The predicted octanol–water partition coefficient (Wildman–Crippen LogP) is 3.68. The number of carbonyl (C=O) groups excluding carboxylic acids is 1. The molecule has 1 aromatic rings. The third kappa shape index (κ3) is 4.85. The van der Waals surface area contributed by atoms with Crippen molar-refractivity contribution in [2.75, 3.05) is 6.54 Å². The zero-order valence-electron chi connectivity index (χ0n) is 12.9. The van der Waals surface area contributed by atoms with Gasteiger partial charge in [-0.3, -0.25) is 4.79 Å². The van der Waals surface area contributed by atoms with E-state index in [0.717, 1.165) is 31.4 Å². The van der Waals surface area contributed by atoms with E-state index >= 15 is 0 Å². The number of alkyl halides is 3. The van der Waals surface area contributed by atoms with Crippen LogP contribution in [0.5, 0.6) is 0 Å². The summed E-state index contributed by atoms with van der Waals surface area (Å²) in [6.07, 6.45) is -1.68. The number of nitrogens with two attached hydrogens (primary N) is 1. The summed E-state index contributed by atoms with van der Waals surface area (Å²) in [5.74, 6) is -0.0650. The molecule has 1 unspecified atom stereocenters. The van der Waals surface area contributed by atoms with Gasteiger partial charge in [-0.15, -0.1) is 12.4 Å². The Bertz CT molecular complexity index is 536. The predicted molar refractivity (Wildman–Crippen MR) is 85.1 cm³/mol. The number of hydrogen-bond donors (Lipinski definition) is 2. The number of rotatable bonds is 4. The first-order chi connectivity index (χ1) is 10.3. The van der Waals surface area contributed by atoms with Gasteiger partial charge >= 0.3 is 6.18 Å². The molecule has 1 aliphatic rings. The summed E-state index contributed by atoms with van der Waals surface area (Å²) in [5.41, 5.74) is 5.41. The number of nitrogens with one attached hydrogen (secondary N) is 1. The van der Waals surface area contributed by atoms with E-state index < -0.39 is 17.8 Å². The third-order valence-corrected chi connectivity index (χ3v) is 4.37. The molecule has 3 atom stereocenters. The second-order valence-corrected chi connectivity index (χ2v) is 5.89. The number of hydrogen-bond acceptors (Lipinski definition) is 2. The van der Waals surface area contributed by atoms with E-state index in [1.807, 2.05) is 0 Å².